The minimum atomic E-state index is -4.14. The fourth-order valence-electron chi connectivity index (χ4n) is 8.33. The molecule has 0 atom stereocenters. The molecule has 8 aromatic rings. The molecule has 0 saturated heterocycles. The van der Waals surface area contributed by atoms with Gasteiger partial charge in [0.2, 0.25) is 0 Å². The number of hydrogen-bond acceptors (Lipinski definition) is 3. The Morgan fingerprint density at radius 1 is 0.652 bits per heavy atom. The molecule has 66 heavy (non-hydrogen) atoms. The zero-order valence-corrected chi connectivity index (χ0v) is 40.4. The molecule has 5 heteroatoms. The molecule has 0 aliphatic carbocycles. The van der Waals surface area contributed by atoms with E-state index in [1.54, 1.807) is 30.5 Å². The Kier molecular flexibility index (Phi) is 8.24. The molecule has 1 N–H and O–H groups in total. The third kappa shape index (κ3) is 9.91. The van der Waals surface area contributed by atoms with Crippen LogP contribution in [0.3, 0.4) is 0 Å². The predicted molar refractivity (Wildman–Crippen MR) is 275 cm³/mol. The molecule has 6 aromatic carbocycles. The average Bonchev–Trinajstić information content (AvgIpc) is 1.19. The summed E-state index contributed by atoms with van der Waals surface area (Å²) in [5.74, 6) is -2.50. The molecule has 342 valence electrons. The number of nitrogens with zero attached hydrogens (tertiary/aromatic N) is 3. The van der Waals surface area contributed by atoms with Gasteiger partial charge in [-0.25, -0.2) is 4.98 Å². The Hall–Kier alpha value is -5.57. The van der Waals surface area contributed by atoms with E-state index < -0.39 is 91.5 Å². The molecule has 2 aromatic heterocycles. The van der Waals surface area contributed by atoms with Crippen molar-refractivity contribution in [1.82, 2.24) is 14.5 Å². The molecule has 0 saturated carbocycles. The summed E-state index contributed by atoms with van der Waals surface area (Å²) >= 11 is 0. The smallest absolute Gasteiger partial charge is 0.148 e. The Morgan fingerprint density at radius 3 is 2.02 bits per heavy atom. The topological polar surface area (TPSA) is 50.9 Å². The van der Waals surface area contributed by atoms with Crippen LogP contribution in [0.5, 0.6) is 5.75 Å². The standard InChI is InChI=1S/C61H66N3O.Pt/c1-38(2)30-44-34-49(26-27-50(44)42-18-15-14-16-19-42)64-55-21-17-20-51(56(55)63-58(64)52-36-48(60(8,9)10)37-53(57(52)65)61(11,12)13)45-31-46(33-47(32-45)59(5,6)7)54-35-43(28-29-62-54)41-24-22-40(23-25-41)39(3)4;/h14-29,32-39,65H,30H2,1-13H3;/q-1;/i8D3,9D3,10D3,11D3,12D3,13D3,39D;. The number of aromatic hydroxyl groups is 1. The van der Waals surface area contributed by atoms with Gasteiger partial charge in [-0.2, -0.15) is 0 Å². The van der Waals surface area contributed by atoms with Crippen molar-refractivity contribution < 1.29 is 52.2 Å². The van der Waals surface area contributed by atoms with E-state index in [4.69, 9.17) is 36.0 Å². The summed E-state index contributed by atoms with van der Waals surface area (Å²) in [6.45, 7) is -10.8. The van der Waals surface area contributed by atoms with E-state index in [9.17, 15) is 5.11 Å². The van der Waals surface area contributed by atoms with Gasteiger partial charge in [0.25, 0.3) is 0 Å². The van der Waals surface area contributed by atoms with E-state index in [0.717, 1.165) is 45.0 Å². The molecule has 2 heterocycles. The van der Waals surface area contributed by atoms with Crippen molar-refractivity contribution in [3.05, 3.63) is 167 Å². The van der Waals surface area contributed by atoms with E-state index in [0.29, 0.717) is 40.6 Å². The second-order valence-electron chi connectivity index (χ2n) is 18.6. The molecular formula is C61H66N3OPt-. The van der Waals surface area contributed by atoms with Gasteiger partial charge in [0.1, 0.15) is 11.6 Å². The van der Waals surface area contributed by atoms with E-state index in [-0.39, 0.29) is 38.0 Å². The van der Waals surface area contributed by atoms with Crippen molar-refractivity contribution in [1.29, 1.82) is 0 Å². The van der Waals surface area contributed by atoms with E-state index >= 15 is 0 Å². The average molecular weight is 1070 g/mol. The van der Waals surface area contributed by atoms with Crippen LogP contribution in [0.4, 0.5) is 0 Å². The van der Waals surface area contributed by atoms with Gasteiger partial charge in [-0.1, -0.05) is 186 Å². The number of hydrogen-bond donors (Lipinski definition) is 1. The molecule has 0 radical (unpaired) electrons. The second-order valence-corrected chi connectivity index (χ2v) is 18.6. The van der Waals surface area contributed by atoms with Crippen LogP contribution < -0.4 is 0 Å². The number of fused-ring (bicyclic) bond motifs is 1. The summed E-state index contributed by atoms with van der Waals surface area (Å²) in [6, 6.07) is 40.1. The van der Waals surface area contributed by atoms with E-state index in [1.807, 2.05) is 139 Å². The molecule has 0 aliphatic heterocycles. The normalized spacial score (nSPS) is 17.8. The van der Waals surface area contributed by atoms with Gasteiger partial charge < -0.3 is 5.11 Å². The van der Waals surface area contributed by atoms with Gasteiger partial charge in [-0.15, -0.1) is 29.3 Å². The zero-order valence-electron chi connectivity index (χ0n) is 57.1. The van der Waals surface area contributed by atoms with Crippen LogP contribution in [-0.4, -0.2) is 19.6 Å². The SMILES string of the molecule is [2H]C(C)(C)c1ccc(-c2ccnc(-c3[c-]c(-c4cccc5c4nc(-c4cc(C(C([2H])([2H])[2H])(C([2H])([2H])[2H])C([2H])([2H])[2H])cc(C(C([2H])([2H])[2H])(C([2H])([2H])[2H])C([2H])([2H])[2H])c4O)n5-c4ccc(-c5ccccc5)c(CC(C)C)c4)cc(C(C)(C)C)c3)c2)cc1.[Pt]. The molecule has 0 aliphatic rings. The molecule has 8 rings (SSSR count). The maximum absolute atomic E-state index is 13.0. The van der Waals surface area contributed by atoms with Crippen molar-refractivity contribution in [2.75, 3.05) is 0 Å². The minimum Gasteiger partial charge on any atom is -0.507 e. The minimum absolute atomic E-state index is 0. The van der Waals surface area contributed by atoms with E-state index in [1.165, 1.54) is 4.57 Å². The van der Waals surface area contributed by atoms with Crippen LogP contribution in [0.25, 0.3) is 72.7 Å². The first-order valence-corrected chi connectivity index (χ1v) is 21.7. The maximum atomic E-state index is 13.0. The van der Waals surface area contributed by atoms with Crippen molar-refractivity contribution in [3.63, 3.8) is 0 Å². The summed E-state index contributed by atoms with van der Waals surface area (Å²) in [5.41, 5.74) is -3.41. The molecule has 0 fully saturated rings. The van der Waals surface area contributed by atoms with Gasteiger partial charge in [-0.3, -0.25) is 9.55 Å². The van der Waals surface area contributed by atoms with Gasteiger partial charge in [0.15, 0.2) is 0 Å². The first-order chi connectivity index (χ1) is 38.5. The van der Waals surface area contributed by atoms with E-state index in [2.05, 4.69) is 6.07 Å². The summed E-state index contributed by atoms with van der Waals surface area (Å²) < 4.78 is 168. The maximum Gasteiger partial charge on any atom is 0.148 e. The van der Waals surface area contributed by atoms with Crippen molar-refractivity contribution in [3.8, 4) is 67.5 Å². The third-order valence-corrected chi connectivity index (χ3v) is 11.8. The first kappa shape index (κ1) is 29.2. The Labute approximate surface area is 435 Å². The fourth-order valence-corrected chi connectivity index (χ4v) is 8.33. The summed E-state index contributed by atoms with van der Waals surface area (Å²) in [6.07, 6.45) is 2.19. The molecule has 0 spiro atoms. The number of phenolic OH excluding ortho intramolecular Hbond substituents is 1. The van der Waals surface area contributed by atoms with Crippen molar-refractivity contribution >= 4 is 11.0 Å². The monoisotopic (exact) mass is 1070 g/mol. The van der Waals surface area contributed by atoms with Crippen molar-refractivity contribution in [2.45, 2.75) is 118 Å². The number of benzene rings is 6. The van der Waals surface area contributed by atoms with Crippen LogP contribution in [0, 0.1) is 12.0 Å². The van der Waals surface area contributed by atoms with Crippen LogP contribution in [0.15, 0.2) is 134 Å². The second kappa shape index (κ2) is 18.6. The summed E-state index contributed by atoms with van der Waals surface area (Å²) in [4.78, 5) is 9.96. The van der Waals surface area contributed by atoms with Crippen molar-refractivity contribution in [2.24, 2.45) is 5.92 Å². The fraction of sp³-hybridized carbons (Fsp3) is 0.311. The van der Waals surface area contributed by atoms with Crippen LogP contribution in [0.2, 0.25) is 0 Å². The summed E-state index contributed by atoms with van der Waals surface area (Å²) in [5, 5.41) is 13.0. The molecule has 4 nitrogen and oxygen atoms in total. The number of pyridine rings is 1. The van der Waals surface area contributed by atoms with Gasteiger partial charge in [0, 0.05) is 70.3 Å². The predicted octanol–water partition coefficient (Wildman–Crippen LogP) is 16.5. The van der Waals surface area contributed by atoms with Crippen LogP contribution in [-0.2, 0) is 43.7 Å². The molecular weight excluding hydrogens is 986 g/mol. The number of para-hydroxylation sites is 1. The Morgan fingerprint density at radius 2 is 1.35 bits per heavy atom. The number of imidazole rings is 1. The molecule has 0 bridgehead atoms. The third-order valence-electron chi connectivity index (χ3n) is 11.8. The quantitative estimate of drug-likeness (QED) is 0.147. The Balaban J connectivity index is 0.0000104. The molecule has 0 amide bonds. The molecule has 0 unspecified atom stereocenters. The first-order valence-electron chi connectivity index (χ1n) is 31.2. The zero-order chi connectivity index (χ0) is 62.5. The number of aromatic nitrogens is 3. The number of phenols is 1. The Bertz CT molecular complexity index is 3670. The van der Waals surface area contributed by atoms with Crippen LogP contribution in [0.1, 0.15) is 149 Å². The summed E-state index contributed by atoms with van der Waals surface area (Å²) in [7, 11) is 0. The van der Waals surface area contributed by atoms with Gasteiger partial charge >= 0.3 is 0 Å². The number of rotatable bonds is 9. The largest absolute Gasteiger partial charge is 0.507 e. The van der Waals surface area contributed by atoms with Crippen LogP contribution >= 0.6 is 0 Å². The van der Waals surface area contributed by atoms with Gasteiger partial charge in [0.05, 0.1) is 16.6 Å². The van der Waals surface area contributed by atoms with Gasteiger partial charge in [-0.05, 0) is 104 Å².